The third kappa shape index (κ3) is 5.21. The number of halogens is 2. The standard InChI is InChI=1S/C15H12FIN2O5S/c16-11-6-5-9(25(18,22)23)7-10(11)15(21)24-8-14(20)19-13-4-2-1-3-12(13)17/h1-7H,8H2,(H,19,20)(H2,18,22,23). The molecule has 0 atom stereocenters. The quantitative estimate of drug-likeness (QED) is 0.503. The third-order valence-electron chi connectivity index (χ3n) is 2.97. The van der Waals surface area contributed by atoms with E-state index in [4.69, 9.17) is 9.88 Å². The van der Waals surface area contributed by atoms with E-state index in [1.807, 2.05) is 22.6 Å². The summed E-state index contributed by atoms with van der Waals surface area (Å²) in [5.41, 5.74) is -0.0971. The SMILES string of the molecule is NS(=O)(=O)c1ccc(F)c(C(=O)OCC(=O)Nc2ccccc2I)c1. The number of hydrogen-bond donors (Lipinski definition) is 2. The number of anilines is 1. The molecule has 7 nitrogen and oxygen atoms in total. The number of nitrogens with two attached hydrogens (primary N) is 1. The normalized spacial score (nSPS) is 11.0. The second kappa shape index (κ2) is 7.89. The van der Waals surface area contributed by atoms with Gasteiger partial charge >= 0.3 is 5.97 Å². The fourth-order valence-electron chi connectivity index (χ4n) is 1.80. The van der Waals surface area contributed by atoms with Crippen LogP contribution in [0.4, 0.5) is 10.1 Å². The van der Waals surface area contributed by atoms with Crippen LogP contribution in [0.15, 0.2) is 47.4 Å². The Morgan fingerprint density at radius 1 is 1.20 bits per heavy atom. The van der Waals surface area contributed by atoms with Gasteiger partial charge in [0.15, 0.2) is 6.61 Å². The number of sulfonamides is 1. The van der Waals surface area contributed by atoms with Gasteiger partial charge < -0.3 is 10.1 Å². The van der Waals surface area contributed by atoms with Gasteiger partial charge in [-0.1, -0.05) is 12.1 Å². The van der Waals surface area contributed by atoms with Crippen LogP contribution in [0.2, 0.25) is 0 Å². The summed E-state index contributed by atoms with van der Waals surface area (Å²) in [6.45, 7) is -0.664. The number of para-hydroxylation sites is 1. The summed E-state index contributed by atoms with van der Waals surface area (Å²) in [6, 6.07) is 9.41. The molecule has 1 amide bonds. The molecule has 0 unspecified atom stereocenters. The van der Waals surface area contributed by atoms with Crippen LogP contribution in [-0.4, -0.2) is 26.9 Å². The zero-order valence-corrected chi connectivity index (χ0v) is 15.5. The molecular formula is C15H12FIN2O5S. The first-order chi connectivity index (χ1) is 11.7. The van der Waals surface area contributed by atoms with Crippen molar-refractivity contribution >= 4 is 50.2 Å². The average molecular weight is 478 g/mol. The summed E-state index contributed by atoms with van der Waals surface area (Å²) in [6.07, 6.45) is 0. The maximum atomic E-state index is 13.7. The van der Waals surface area contributed by atoms with Crippen molar-refractivity contribution in [2.45, 2.75) is 4.90 Å². The number of primary sulfonamides is 1. The molecule has 0 radical (unpaired) electrons. The third-order valence-corrected chi connectivity index (χ3v) is 4.82. The van der Waals surface area contributed by atoms with Crippen molar-refractivity contribution in [2.75, 3.05) is 11.9 Å². The number of carbonyl (C=O) groups is 2. The number of ether oxygens (including phenoxy) is 1. The summed E-state index contributed by atoms with van der Waals surface area (Å²) in [7, 11) is -4.11. The van der Waals surface area contributed by atoms with E-state index in [0.29, 0.717) is 5.69 Å². The summed E-state index contributed by atoms with van der Waals surface area (Å²) >= 11 is 2.02. The zero-order chi connectivity index (χ0) is 18.6. The van der Waals surface area contributed by atoms with Crippen LogP contribution in [0.3, 0.4) is 0 Å². The minimum atomic E-state index is -4.11. The van der Waals surface area contributed by atoms with Gasteiger partial charge in [-0.05, 0) is 52.9 Å². The first-order valence-electron chi connectivity index (χ1n) is 6.72. The van der Waals surface area contributed by atoms with Crippen molar-refractivity contribution in [3.8, 4) is 0 Å². The first-order valence-corrected chi connectivity index (χ1v) is 9.35. The number of carbonyl (C=O) groups excluding carboxylic acids is 2. The minimum Gasteiger partial charge on any atom is -0.452 e. The number of amides is 1. The molecule has 2 rings (SSSR count). The number of rotatable bonds is 5. The monoisotopic (exact) mass is 478 g/mol. The smallest absolute Gasteiger partial charge is 0.341 e. The van der Waals surface area contributed by atoms with E-state index in [9.17, 15) is 22.4 Å². The van der Waals surface area contributed by atoms with Gasteiger partial charge in [0.05, 0.1) is 16.1 Å². The molecule has 2 aromatic rings. The molecule has 0 aliphatic rings. The largest absolute Gasteiger partial charge is 0.452 e. The maximum absolute atomic E-state index is 13.7. The van der Waals surface area contributed by atoms with E-state index in [2.05, 4.69) is 5.32 Å². The van der Waals surface area contributed by atoms with Crippen LogP contribution in [0, 0.1) is 9.39 Å². The van der Waals surface area contributed by atoms with E-state index in [-0.39, 0.29) is 0 Å². The average Bonchev–Trinajstić information content (AvgIpc) is 2.54. The van der Waals surface area contributed by atoms with Gasteiger partial charge in [-0.15, -0.1) is 0 Å². The van der Waals surface area contributed by atoms with Gasteiger partial charge in [0.25, 0.3) is 5.91 Å². The number of hydrogen-bond acceptors (Lipinski definition) is 5. The second-order valence-corrected chi connectivity index (χ2v) is 7.51. The number of benzene rings is 2. The van der Waals surface area contributed by atoms with Crippen LogP contribution in [-0.2, 0) is 19.6 Å². The molecule has 0 spiro atoms. The van der Waals surface area contributed by atoms with Gasteiger partial charge in [0.1, 0.15) is 5.82 Å². The molecule has 10 heteroatoms. The molecule has 132 valence electrons. The summed E-state index contributed by atoms with van der Waals surface area (Å²) < 4.78 is 41.7. The van der Waals surface area contributed by atoms with E-state index in [1.54, 1.807) is 24.3 Å². The van der Waals surface area contributed by atoms with Crippen molar-refractivity contribution in [2.24, 2.45) is 5.14 Å². The predicted octanol–water partition coefficient (Wildman–Crippen LogP) is 1.87. The molecule has 2 aromatic carbocycles. The number of esters is 1. The van der Waals surface area contributed by atoms with E-state index >= 15 is 0 Å². The minimum absolute atomic E-state index is 0.441. The topological polar surface area (TPSA) is 116 Å². The summed E-state index contributed by atoms with van der Waals surface area (Å²) in [4.78, 5) is 23.3. The summed E-state index contributed by atoms with van der Waals surface area (Å²) in [5, 5.41) is 7.46. The highest BCUT2D eigenvalue weighted by Crippen LogP contribution is 2.17. The van der Waals surface area contributed by atoms with Gasteiger partial charge in [0.2, 0.25) is 10.0 Å². The lowest BCUT2D eigenvalue weighted by atomic mass is 10.2. The molecular weight excluding hydrogens is 466 g/mol. The maximum Gasteiger partial charge on any atom is 0.341 e. The molecule has 0 fully saturated rings. The van der Waals surface area contributed by atoms with E-state index in [0.717, 1.165) is 21.8 Å². The van der Waals surface area contributed by atoms with Crippen molar-refractivity contribution in [3.63, 3.8) is 0 Å². The molecule has 0 bridgehead atoms. The second-order valence-electron chi connectivity index (χ2n) is 4.79. The van der Waals surface area contributed by atoms with Gasteiger partial charge in [-0.3, -0.25) is 4.79 Å². The van der Waals surface area contributed by atoms with E-state index in [1.165, 1.54) is 0 Å². The lowest BCUT2D eigenvalue weighted by molar-refractivity contribution is -0.119. The molecule has 0 aliphatic carbocycles. The first kappa shape index (κ1) is 19.3. The lowest BCUT2D eigenvalue weighted by Gasteiger charge is -2.09. The highest BCUT2D eigenvalue weighted by atomic mass is 127. The van der Waals surface area contributed by atoms with Crippen LogP contribution >= 0.6 is 22.6 Å². The molecule has 25 heavy (non-hydrogen) atoms. The van der Waals surface area contributed by atoms with Crippen LogP contribution in [0.5, 0.6) is 0 Å². The lowest BCUT2D eigenvalue weighted by Crippen LogP contribution is -2.22. The Hall–Kier alpha value is -2.05. The molecule has 0 aromatic heterocycles. The zero-order valence-electron chi connectivity index (χ0n) is 12.5. The summed E-state index contributed by atoms with van der Waals surface area (Å²) in [5.74, 6) is -2.79. The Kier molecular flexibility index (Phi) is 6.08. The van der Waals surface area contributed by atoms with Gasteiger partial charge in [-0.25, -0.2) is 22.7 Å². The molecule has 0 saturated heterocycles. The Morgan fingerprint density at radius 3 is 2.52 bits per heavy atom. The molecule has 0 heterocycles. The Morgan fingerprint density at radius 2 is 1.88 bits per heavy atom. The van der Waals surface area contributed by atoms with Crippen molar-refractivity contribution in [3.05, 3.63) is 57.4 Å². The predicted molar refractivity (Wildman–Crippen MR) is 95.8 cm³/mol. The van der Waals surface area contributed by atoms with E-state index < -0.39 is 44.8 Å². The fourth-order valence-corrected chi connectivity index (χ4v) is 2.86. The van der Waals surface area contributed by atoms with Crippen molar-refractivity contribution in [1.82, 2.24) is 0 Å². The van der Waals surface area contributed by atoms with Crippen molar-refractivity contribution in [1.29, 1.82) is 0 Å². The van der Waals surface area contributed by atoms with Crippen LogP contribution < -0.4 is 10.5 Å². The number of nitrogens with one attached hydrogen (secondary N) is 1. The Labute approximate surface area is 156 Å². The molecule has 0 saturated carbocycles. The fraction of sp³-hybridized carbons (Fsp3) is 0.0667. The highest BCUT2D eigenvalue weighted by Gasteiger charge is 2.19. The molecule has 3 N–H and O–H groups in total. The van der Waals surface area contributed by atoms with Gasteiger partial charge in [0, 0.05) is 3.57 Å². The van der Waals surface area contributed by atoms with Gasteiger partial charge in [-0.2, -0.15) is 0 Å². The Bertz CT molecular complexity index is 933. The molecule has 0 aliphatic heterocycles. The van der Waals surface area contributed by atoms with Crippen molar-refractivity contribution < 1.29 is 27.1 Å². The Balaban J connectivity index is 2.05. The van der Waals surface area contributed by atoms with Crippen LogP contribution in [0.25, 0.3) is 0 Å². The highest BCUT2D eigenvalue weighted by molar-refractivity contribution is 14.1. The van der Waals surface area contributed by atoms with Crippen LogP contribution in [0.1, 0.15) is 10.4 Å².